The summed E-state index contributed by atoms with van der Waals surface area (Å²) >= 11 is 7.48. The van der Waals surface area contributed by atoms with Crippen molar-refractivity contribution in [2.75, 3.05) is 13.1 Å². The van der Waals surface area contributed by atoms with E-state index >= 15 is 0 Å². The van der Waals surface area contributed by atoms with E-state index in [4.69, 9.17) is 11.6 Å². The summed E-state index contributed by atoms with van der Waals surface area (Å²) in [6, 6.07) is 14.0. The van der Waals surface area contributed by atoms with Gasteiger partial charge in [0.05, 0.1) is 16.3 Å². The van der Waals surface area contributed by atoms with Crippen LogP contribution in [0.1, 0.15) is 45.4 Å². The van der Waals surface area contributed by atoms with Crippen LogP contribution in [0.2, 0.25) is 5.02 Å². The van der Waals surface area contributed by atoms with E-state index in [9.17, 15) is 18.0 Å². The Morgan fingerprint density at radius 3 is 2.51 bits per heavy atom. The Bertz CT molecular complexity index is 1320. The lowest BCUT2D eigenvalue weighted by Crippen LogP contribution is -2.42. The molecule has 1 aliphatic rings. The lowest BCUT2D eigenvalue weighted by Gasteiger charge is -2.30. The van der Waals surface area contributed by atoms with Crippen LogP contribution in [-0.2, 0) is 21.2 Å². The summed E-state index contributed by atoms with van der Waals surface area (Å²) in [5.74, 6) is -0.768. The number of thiazole rings is 1. The molecule has 1 aliphatic heterocycles. The molecule has 2 heterocycles. The zero-order chi connectivity index (χ0) is 25.0. The number of rotatable bonds is 6. The highest BCUT2D eigenvalue weighted by Gasteiger charge is 2.31. The van der Waals surface area contributed by atoms with Crippen LogP contribution in [0.3, 0.4) is 0 Å². The number of hydrogen-bond acceptors (Lipinski definition) is 6. The third-order valence-electron chi connectivity index (χ3n) is 5.86. The number of carbonyl (C=O) groups is 2. The number of aromatic nitrogens is 1. The molecule has 0 saturated carbocycles. The van der Waals surface area contributed by atoms with E-state index in [1.165, 1.54) is 21.7 Å². The van der Waals surface area contributed by atoms with Crippen molar-refractivity contribution in [1.29, 1.82) is 0 Å². The van der Waals surface area contributed by atoms with Crippen LogP contribution in [-0.4, -0.2) is 42.6 Å². The van der Waals surface area contributed by atoms with E-state index in [1.807, 2.05) is 37.3 Å². The SMILES string of the molecule is Cc1ccc(S(=O)(=O)N2CCC(c3nc(C(=O)NNC(=O)Cc4ccccc4)cs3)CC2)cc1Cl. The molecule has 1 saturated heterocycles. The van der Waals surface area contributed by atoms with Gasteiger partial charge in [0.2, 0.25) is 15.9 Å². The average Bonchev–Trinajstić information content (AvgIpc) is 3.35. The molecule has 2 amide bonds. The highest BCUT2D eigenvalue weighted by atomic mass is 35.5. The summed E-state index contributed by atoms with van der Waals surface area (Å²) in [4.78, 5) is 29.1. The molecule has 4 rings (SSSR count). The molecule has 0 atom stereocenters. The van der Waals surface area contributed by atoms with Crippen molar-refractivity contribution in [3.63, 3.8) is 0 Å². The summed E-state index contributed by atoms with van der Waals surface area (Å²) in [5, 5.41) is 2.85. The highest BCUT2D eigenvalue weighted by molar-refractivity contribution is 7.89. The van der Waals surface area contributed by atoms with Crippen molar-refractivity contribution >= 4 is 44.8 Å². The molecule has 8 nitrogen and oxygen atoms in total. The zero-order valence-corrected chi connectivity index (χ0v) is 21.4. The Morgan fingerprint density at radius 2 is 1.83 bits per heavy atom. The molecule has 2 aromatic carbocycles. The molecule has 1 aromatic heterocycles. The number of benzene rings is 2. The van der Waals surface area contributed by atoms with E-state index < -0.39 is 15.9 Å². The largest absolute Gasteiger partial charge is 0.289 e. The number of nitrogens with zero attached hydrogens (tertiary/aromatic N) is 2. The summed E-state index contributed by atoms with van der Waals surface area (Å²) in [7, 11) is -3.63. The smallest absolute Gasteiger partial charge is 0.273 e. The van der Waals surface area contributed by atoms with Crippen molar-refractivity contribution in [2.45, 2.75) is 37.0 Å². The topological polar surface area (TPSA) is 108 Å². The predicted octanol–water partition coefficient (Wildman–Crippen LogP) is 3.68. The maximum atomic E-state index is 13.0. The standard InChI is InChI=1S/C24H25ClN4O4S2/c1-16-7-8-19(14-20(16)25)35(32,33)29-11-9-18(10-12-29)24-26-21(15-34-24)23(31)28-27-22(30)13-17-5-3-2-4-6-17/h2-8,14-15,18H,9-13H2,1H3,(H,27,30)(H,28,31). The number of hydrazine groups is 1. The number of amides is 2. The molecule has 0 radical (unpaired) electrons. The van der Waals surface area contributed by atoms with Gasteiger partial charge in [0, 0.05) is 29.4 Å². The average molecular weight is 533 g/mol. The van der Waals surface area contributed by atoms with Crippen molar-refractivity contribution < 1.29 is 18.0 Å². The second-order valence-electron chi connectivity index (χ2n) is 8.33. The monoisotopic (exact) mass is 532 g/mol. The van der Waals surface area contributed by atoms with Gasteiger partial charge in [0.15, 0.2) is 0 Å². The number of carbonyl (C=O) groups excluding carboxylic acids is 2. The minimum Gasteiger partial charge on any atom is -0.273 e. The van der Waals surface area contributed by atoms with Crippen molar-refractivity contribution in [3.8, 4) is 0 Å². The molecule has 184 valence electrons. The molecule has 3 aromatic rings. The summed E-state index contributed by atoms with van der Waals surface area (Å²) in [6.45, 7) is 2.54. The Hall–Kier alpha value is -2.79. The van der Waals surface area contributed by atoms with Gasteiger partial charge in [-0.15, -0.1) is 11.3 Å². The van der Waals surface area contributed by atoms with Crippen LogP contribution in [0.15, 0.2) is 58.8 Å². The van der Waals surface area contributed by atoms with E-state index in [1.54, 1.807) is 17.5 Å². The fourth-order valence-electron chi connectivity index (χ4n) is 3.82. The van der Waals surface area contributed by atoms with Crippen molar-refractivity contribution in [1.82, 2.24) is 20.1 Å². The first kappa shape index (κ1) is 25.3. The molecule has 35 heavy (non-hydrogen) atoms. The summed E-state index contributed by atoms with van der Waals surface area (Å²) in [5.41, 5.74) is 6.68. The zero-order valence-electron chi connectivity index (χ0n) is 19.0. The number of sulfonamides is 1. The molecule has 11 heteroatoms. The third kappa shape index (κ3) is 6.07. The number of piperidine rings is 1. The van der Waals surface area contributed by atoms with Gasteiger partial charge in [-0.2, -0.15) is 4.31 Å². The van der Waals surface area contributed by atoms with E-state index in [2.05, 4.69) is 15.8 Å². The summed E-state index contributed by atoms with van der Waals surface area (Å²) in [6.07, 6.45) is 1.35. The van der Waals surface area contributed by atoms with E-state index in [-0.39, 0.29) is 28.8 Å². The van der Waals surface area contributed by atoms with Crippen LogP contribution >= 0.6 is 22.9 Å². The quantitative estimate of drug-likeness (QED) is 0.471. The Balaban J connectivity index is 1.30. The Morgan fingerprint density at radius 1 is 1.11 bits per heavy atom. The normalized spacial score (nSPS) is 15.0. The molecule has 0 unspecified atom stereocenters. The van der Waals surface area contributed by atoms with Crippen LogP contribution < -0.4 is 10.9 Å². The van der Waals surface area contributed by atoms with Gasteiger partial charge in [-0.1, -0.05) is 48.0 Å². The van der Waals surface area contributed by atoms with Crippen LogP contribution in [0, 0.1) is 6.92 Å². The van der Waals surface area contributed by atoms with Crippen molar-refractivity contribution in [2.24, 2.45) is 0 Å². The van der Waals surface area contributed by atoms with Gasteiger partial charge in [-0.05, 0) is 43.0 Å². The Labute approximate surface area is 213 Å². The number of nitrogens with one attached hydrogen (secondary N) is 2. The van der Waals surface area contributed by atoms with Gasteiger partial charge in [-0.3, -0.25) is 20.4 Å². The highest BCUT2D eigenvalue weighted by Crippen LogP contribution is 2.33. The minimum absolute atomic E-state index is 0.0577. The Kier molecular flexibility index (Phi) is 7.85. The lowest BCUT2D eigenvalue weighted by atomic mass is 9.99. The molecular formula is C24H25ClN4O4S2. The maximum Gasteiger partial charge on any atom is 0.289 e. The second kappa shape index (κ2) is 10.9. The second-order valence-corrected chi connectivity index (χ2v) is 11.6. The number of halogens is 1. The molecular weight excluding hydrogens is 508 g/mol. The van der Waals surface area contributed by atoms with Crippen molar-refractivity contribution in [3.05, 3.63) is 80.8 Å². The summed E-state index contributed by atoms with van der Waals surface area (Å²) < 4.78 is 27.5. The molecule has 0 spiro atoms. The van der Waals surface area contributed by atoms with Crippen LogP contribution in [0.5, 0.6) is 0 Å². The van der Waals surface area contributed by atoms with Gasteiger partial charge in [0.25, 0.3) is 5.91 Å². The molecule has 1 fully saturated rings. The minimum atomic E-state index is -3.63. The lowest BCUT2D eigenvalue weighted by molar-refractivity contribution is -0.121. The first-order valence-electron chi connectivity index (χ1n) is 11.1. The molecule has 0 aliphatic carbocycles. The van der Waals surface area contributed by atoms with Gasteiger partial charge in [-0.25, -0.2) is 13.4 Å². The van der Waals surface area contributed by atoms with Crippen LogP contribution in [0.4, 0.5) is 0 Å². The maximum absolute atomic E-state index is 13.0. The number of hydrogen-bond donors (Lipinski definition) is 2. The van der Waals surface area contributed by atoms with E-state index in [0.717, 1.165) is 16.1 Å². The number of aryl methyl sites for hydroxylation is 1. The first-order chi connectivity index (χ1) is 16.7. The van der Waals surface area contributed by atoms with Gasteiger partial charge < -0.3 is 0 Å². The third-order valence-corrected chi connectivity index (χ3v) is 9.17. The molecule has 2 N–H and O–H groups in total. The van der Waals surface area contributed by atoms with Gasteiger partial charge in [0.1, 0.15) is 5.69 Å². The molecule has 0 bridgehead atoms. The first-order valence-corrected chi connectivity index (χ1v) is 13.8. The predicted molar refractivity (Wildman–Crippen MR) is 135 cm³/mol. The van der Waals surface area contributed by atoms with Crippen LogP contribution in [0.25, 0.3) is 0 Å². The van der Waals surface area contributed by atoms with E-state index in [0.29, 0.717) is 31.0 Å². The fourth-order valence-corrected chi connectivity index (χ4v) is 6.53. The van der Waals surface area contributed by atoms with Gasteiger partial charge >= 0.3 is 0 Å². The fraction of sp³-hybridized carbons (Fsp3) is 0.292.